The number of esters is 1. The average Bonchev–Trinajstić information content (AvgIpc) is 3.05. The zero-order valence-corrected chi connectivity index (χ0v) is 13.5. The van der Waals surface area contributed by atoms with E-state index < -0.39 is 12.2 Å². The molecule has 0 bridgehead atoms. The van der Waals surface area contributed by atoms with Crippen molar-refractivity contribution in [3.8, 4) is 5.75 Å². The average molecular weight is 327 g/mol. The number of Topliss-reactive ketones (excluding diaryl/α,β-unsaturated/α-hetero) is 1. The molecule has 1 unspecified atom stereocenters. The molecule has 3 heterocycles. The van der Waals surface area contributed by atoms with Crippen molar-refractivity contribution in [1.29, 1.82) is 0 Å². The fourth-order valence-electron chi connectivity index (χ4n) is 3.20. The summed E-state index contributed by atoms with van der Waals surface area (Å²) in [5, 5.41) is 0. The summed E-state index contributed by atoms with van der Waals surface area (Å²) in [6.45, 7) is 4.91. The second kappa shape index (κ2) is 5.40. The molecule has 1 saturated heterocycles. The highest BCUT2D eigenvalue weighted by Gasteiger charge is 2.44. The summed E-state index contributed by atoms with van der Waals surface area (Å²) in [5.74, 6) is 0.357. The summed E-state index contributed by atoms with van der Waals surface area (Å²) >= 11 is 0. The number of carbonyl (C=O) groups is 2. The predicted octanol–water partition coefficient (Wildman–Crippen LogP) is 1.94. The number of rotatable bonds is 2. The van der Waals surface area contributed by atoms with Crippen molar-refractivity contribution in [3.63, 3.8) is 0 Å². The van der Waals surface area contributed by atoms with E-state index in [2.05, 4.69) is 0 Å². The van der Waals surface area contributed by atoms with Crippen LogP contribution in [0, 0.1) is 6.92 Å². The molecule has 6 heteroatoms. The van der Waals surface area contributed by atoms with Gasteiger partial charge >= 0.3 is 5.97 Å². The summed E-state index contributed by atoms with van der Waals surface area (Å²) in [5.41, 5.74) is 2.20. The van der Waals surface area contributed by atoms with Crippen LogP contribution < -0.4 is 4.74 Å². The van der Waals surface area contributed by atoms with Crippen molar-refractivity contribution in [2.24, 2.45) is 0 Å². The van der Waals surface area contributed by atoms with E-state index in [9.17, 15) is 9.59 Å². The minimum absolute atomic E-state index is 0.127. The molecule has 1 aromatic rings. The number of hydrogen-bond donors (Lipinski definition) is 0. The SMILES string of the molecule is CCOC(=O)C1=C2OCCN2C2Oc3ccc(C)cc3C(=O)C2=C1. The molecule has 24 heavy (non-hydrogen) atoms. The molecule has 4 rings (SSSR count). The Morgan fingerprint density at radius 1 is 1.42 bits per heavy atom. The molecular formula is C18H17NO5. The van der Waals surface area contributed by atoms with Crippen LogP contribution >= 0.6 is 0 Å². The largest absolute Gasteiger partial charge is 0.476 e. The van der Waals surface area contributed by atoms with Crippen LogP contribution in [0.25, 0.3) is 0 Å². The Bertz CT molecular complexity index is 808. The standard InChI is InChI=1S/C18H17NO5/c1-3-22-18(21)13-9-12-15(20)11-8-10(2)4-5-14(11)24-17(12)19-6-7-23-16(13)19/h4-5,8-9,17H,3,6-7H2,1-2H3. The number of benzene rings is 1. The predicted molar refractivity (Wildman–Crippen MR) is 84.3 cm³/mol. The maximum absolute atomic E-state index is 12.9. The van der Waals surface area contributed by atoms with Crippen LogP contribution in [0.2, 0.25) is 0 Å². The van der Waals surface area contributed by atoms with Gasteiger partial charge in [-0.2, -0.15) is 0 Å². The first-order chi connectivity index (χ1) is 11.6. The van der Waals surface area contributed by atoms with E-state index in [4.69, 9.17) is 14.2 Å². The summed E-state index contributed by atoms with van der Waals surface area (Å²) in [6.07, 6.45) is 0.983. The minimum atomic E-state index is -0.566. The molecule has 3 aliphatic rings. The minimum Gasteiger partial charge on any atom is -0.476 e. The first-order valence-electron chi connectivity index (χ1n) is 7.94. The van der Waals surface area contributed by atoms with E-state index in [-0.39, 0.29) is 18.0 Å². The lowest BCUT2D eigenvalue weighted by Gasteiger charge is -2.37. The van der Waals surface area contributed by atoms with Gasteiger partial charge in [0.1, 0.15) is 17.9 Å². The van der Waals surface area contributed by atoms with Gasteiger partial charge in [0.2, 0.25) is 12.1 Å². The normalized spacial score (nSPS) is 21.2. The van der Waals surface area contributed by atoms with E-state index >= 15 is 0 Å². The van der Waals surface area contributed by atoms with Crippen molar-refractivity contribution < 1.29 is 23.8 Å². The van der Waals surface area contributed by atoms with Gasteiger partial charge in [-0.1, -0.05) is 11.6 Å². The number of aryl methyl sites for hydroxylation is 1. The van der Waals surface area contributed by atoms with Crippen LogP contribution in [-0.4, -0.2) is 42.6 Å². The second-order valence-electron chi connectivity index (χ2n) is 5.88. The van der Waals surface area contributed by atoms with Crippen LogP contribution in [0.15, 0.2) is 41.3 Å². The molecule has 1 aromatic carbocycles. The lowest BCUT2D eigenvalue weighted by molar-refractivity contribution is -0.138. The molecule has 0 aliphatic carbocycles. The van der Waals surface area contributed by atoms with Crippen LogP contribution in [0.5, 0.6) is 5.75 Å². The summed E-state index contributed by atoms with van der Waals surface area (Å²) in [6, 6.07) is 5.52. The molecule has 0 amide bonds. The fourth-order valence-corrected chi connectivity index (χ4v) is 3.20. The van der Waals surface area contributed by atoms with Gasteiger partial charge in [0.05, 0.1) is 24.3 Å². The maximum atomic E-state index is 12.9. The number of ketones is 1. The maximum Gasteiger partial charge on any atom is 0.343 e. The van der Waals surface area contributed by atoms with Crippen molar-refractivity contribution in [3.05, 3.63) is 52.4 Å². The second-order valence-corrected chi connectivity index (χ2v) is 5.88. The van der Waals surface area contributed by atoms with Gasteiger partial charge in [-0.3, -0.25) is 9.69 Å². The zero-order valence-electron chi connectivity index (χ0n) is 13.5. The smallest absolute Gasteiger partial charge is 0.343 e. The lowest BCUT2D eigenvalue weighted by atomic mass is 9.93. The van der Waals surface area contributed by atoms with Gasteiger partial charge in [-0.25, -0.2) is 4.79 Å². The molecule has 0 saturated carbocycles. The third-order valence-electron chi connectivity index (χ3n) is 4.29. The van der Waals surface area contributed by atoms with Crippen LogP contribution in [0.3, 0.4) is 0 Å². The highest BCUT2D eigenvalue weighted by molar-refractivity contribution is 6.13. The van der Waals surface area contributed by atoms with Gasteiger partial charge < -0.3 is 14.2 Å². The van der Waals surface area contributed by atoms with Gasteiger partial charge in [0.15, 0.2) is 5.78 Å². The molecule has 1 fully saturated rings. The topological polar surface area (TPSA) is 65.1 Å². The van der Waals surface area contributed by atoms with E-state index in [1.165, 1.54) is 0 Å². The number of ether oxygens (including phenoxy) is 3. The molecule has 124 valence electrons. The molecule has 1 atom stereocenters. The molecule has 6 nitrogen and oxygen atoms in total. The molecule has 3 aliphatic heterocycles. The Labute approximate surface area is 139 Å². The van der Waals surface area contributed by atoms with E-state index in [1.54, 1.807) is 25.1 Å². The quantitative estimate of drug-likeness (QED) is 0.774. The van der Waals surface area contributed by atoms with Crippen molar-refractivity contribution in [1.82, 2.24) is 4.90 Å². The summed E-state index contributed by atoms with van der Waals surface area (Å²) in [7, 11) is 0. The van der Waals surface area contributed by atoms with Gasteiger partial charge in [-0.15, -0.1) is 0 Å². The third-order valence-corrected chi connectivity index (χ3v) is 4.29. The van der Waals surface area contributed by atoms with Gasteiger partial charge in [0, 0.05) is 0 Å². The molecular weight excluding hydrogens is 310 g/mol. The van der Waals surface area contributed by atoms with Gasteiger partial charge in [-0.05, 0) is 32.1 Å². The Balaban J connectivity index is 1.82. The number of fused-ring (bicyclic) bond motifs is 4. The first-order valence-corrected chi connectivity index (χ1v) is 7.94. The highest BCUT2D eigenvalue weighted by Crippen LogP contribution is 2.39. The molecule has 0 aromatic heterocycles. The van der Waals surface area contributed by atoms with E-state index in [0.29, 0.717) is 35.9 Å². The fraction of sp³-hybridized carbons (Fsp3) is 0.333. The zero-order chi connectivity index (χ0) is 16.8. The van der Waals surface area contributed by atoms with E-state index in [1.807, 2.05) is 17.9 Å². The lowest BCUT2D eigenvalue weighted by Crippen LogP contribution is -2.46. The molecule has 0 radical (unpaired) electrons. The first kappa shape index (κ1) is 14.8. The molecule has 0 N–H and O–H groups in total. The van der Waals surface area contributed by atoms with Crippen molar-refractivity contribution in [2.75, 3.05) is 19.8 Å². The third kappa shape index (κ3) is 2.10. The number of carbonyl (C=O) groups excluding carboxylic acids is 2. The van der Waals surface area contributed by atoms with Crippen molar-refractivity contribution >= 4 is 11.8 Å². The Morgan fingerprint density at radius 2 is 2.25 bits per heavy atom. The Morgan fingerprint density at radius 3 is 3.04 bits per heavy atom. The van der Waals surface area contributed by atoms with E-state index in [0.717, 1.165) is 5.56 Å². The highest BCUT2D eigenvalue weighted by atomic mass is 16.6. The number of nitrogens with zero attached hydrogens (tertiary/aromatic N) is 1. The Kier molecular flexibility index (Phi) is 3.33. The summed E-state index contributed by atoms with van der Waals surface area (Å²) < 4.78 is 16.7. The molecule has 0 spiro atoms. The van der Waals surface area contributed by atoms with Crippen LogP contribution in [-0.2, 0) is 14.3 Å². The monoisotopic (exact) mass is 327 g/mol. The van der Waals surface area contributed by atoms with Crippen LogP contribution in [0.1, 0.15) is 22.8 Å². The Hall–Kier alpha value is -2.76. The van der Waals surface area contributed by atoms with Crippen LogP contribution in [0.4, 0.5) is 0 Å². The number of hydrogen-bond acceptors (Lipinski definition) is 6. The van der Waals surface area contributed by atoms with Gasteiger partial charge in [0.25, 0.3) is 0 Å². The summed E-state index contributed by atoms with van der Waals surface area (Å²) in [4.78, 5) is 27.0. The van der Waals surface area contributed by atoms with Crippen molar-refractivity contribution in [2.45, 2.75) is 20.1 Å².